The van der Waals surface area contributed by atoms with Crippen molar-refractivity contribution in [2.45, 2.75) is 19.4 Å². The average Bonchev–Trinajstić information content (AvgIpc) is 2.49. The van der Waals surface area contributed by atoms with Gasteiger partial charge in [-0.25, -0.2) is 8.78 Å². The molecule has 2 rings (SSSR count). The third kappa shape index (κ3) is 3.58. The van der Waals surface area contributed by atoms with Crippen molar-refractivity contribution in [3.05, 3.63) is 64.7 Å². The second kappa shape index (κ2) is 6.68. The normalized spacial score (nSPS) is 12.2. The smallest absolute Gasteiger partial charge is 0.165 e. The molecular formula is C17H19F2NO. The van der Waals surface area contributed by atoms with Crippen LogP contribution in [0.5, 0.6) is 5.75 Å². The Hall–Kier alpha value is -1.94. The summed E-state index contributed by atoms with van der Waals surface area (Å²) in [6.45, 7) is 1.95. The van der Waals surface area contributed by atoms with Crippen LogP contribution in [0.3, 0.4) is 0 Å². The Labute approximate surface area is 123 Å². The molecule has 1 unspecified atom stereocenters. The number of hydrogen-bond donors (Lipinski definition) is 1. The van der Waals surface area contributed by atoms with E-state index < -0.39 is 5.82 Å². The van der Waals surface area contributed by atoms with E-state index in [-0.39, 0.29) is 17.6 Å². The van der Waals surface area contributed by atoms with Crippen molar-refractivity contribution in [1.29, 1.82) is 0 Å². The molecule has 2 aromatic rings. The monoisotopic (exact) mass is 291 g/mol. The first kappa shape index (κ1) is 15.4. The second-order valence-corrected chi connectivity index (χ2v) is 5.01. The Morgan fingerprint density at radius 2 is 1.90 bits per heavy atom. The van der Waals surface area contributed by atoms with Gasteiger partial charge in [0.25, 0.3) is 0 Å². The van der Waals surface area contributed by atoms with Gasteiger partial charge in [0.1, 0.15) is 5.82 Å². The lowest BCUT2D eigenvalue weighted by atomic mass is 9.96. The minimum Gasteiger partial charge on any atom is -0.494 e. The van der Waals surface area contributed by atoms with Crippen LogP contribution in [0.2, 0.25) is 0 Å². The molecule has 0 spiro atoms. The summed E-state index contributed by atoms with van der Waals surface area (Å²) in [6, 6.07) is 9.49. The molecule has 0 heterocycles. The minimum absolute atomic E-state index is 0.0417. The number of halogens is 2. The van der Waals surface area contributed by atoms with Crippen molar-refractivity contribution in [2.24, 2.45) is 0 Å². The first-order valence-corrected chi connectivity index (χ1v) is 6.81. The zero-order chi connectivity index (χ0) is 15.4. The van der Waals surface area contributed by atoms with Gasteiger partial charge in [0.2, 0.25) is 0 Å². The predicted octanol–water partition coefficient (Wildman–Crippen LogP) is 3.79. The summed E-state index contributed by atoms with van der Waals surface area (Å²) in [5, 5.41) is 3.18. The number of ether oxygens (including phenoxy) is 1. The molecule has 0 aliphatic heterocycles. The Morgan fingerprint density at radius 3 is 2.57 bits per heavy atom. The number of rotatable bonds is 5. The molecule has 1 atom stereocenters. The Bertz CT molecular complexity index is 628. The number of hydrogen-bond acceptors (Lipinski definition) is 2. The maximum atomic E-state index is 13.5. The summed E-state index contributed by atoms with van der Waals surface area (Å²) in [7, 11) is 3.27. The third-order valence-electron chi connectivity index (χ3n) is 3.66. The summed E-state index contributed by atoms with van der Waals surface area (Å²) >= 11 is 0. The predicted molar refractivity (Wildman–Crippen MR) is 79.6 cm³/mol. The van der Waals surface area contributed by atoms with E-state index in [1.54, 1.807) is 24.3 Å². The molecule has 0 saturated heterocycles. The van der Waals surface area contributed by atoms with Gasteiger partial charge in [0.05, 0.1) is 7.11 Å². The van der Waals surface area contributed by atoms with Crippen molar-refractivity contribution in [2.75, 3.05) is 14.2 Å². The molecule has 0 saturated carbocycles. The minimum atomic E-state index is -0.391. The number of likely N-dealkylation sites (N-methyl/N-ethyl adjacent to an activating group) is 1. The number of aryl methyl sites for hydroxylation is 1. The molecule has 4 heteroatoms. The SMILES string of the molecule is CNC(Cc1cc(F)ccc1C)c1ccc(F)c(OC)c1. The highest BCUT2D eigenvalue weighted by Crippen LogP contribution is 2.26. The van der Waals surface area contributed by atoms with Crippen molar-refractivity contribution < 1.29 is 13.5 Å². The summed E-state index contributed by atoms with van der Waals surface area (Å²) in [5.74, 6) is -0.427. The Balaban J connectivity index is 2.29. The zero-order valence-corrected chi connectivity index (χ0v) is 12.4. The van der Waals surface area contributed by atoms with Gasteiger partial charge in [0.15, 0.2) is 11.6 Å². The van der Waals surface area contributed by atoms with Crippen molar-refractivity contribution in [3.63, 3.8) is 0 Å². The fourth-order valence-electron chi connectivity index (χ4n) is 2.36. The third-order valence-corrected chi connectivity index (χ3v) is 3.66. The summed E-state index contributed by atoms with van der Waals surface area (Å²) in [6.07, 6.45) is 0.620. The lowest BCUT2D eigenvalue weighted by Gasteiger charge is -2.19. The van der Waals surface area contributed by atoms with Gasteiger partial charge in [0, 0.05) is 6.04 Å². The van der Waals surface area contributed by atoms with Crippen LogP contribution in [0.15, 0.2) is 36.4 Å². The molecule has 0 fully saturated rings. The Kier molecular flexibility index (Phi) is 4.91. The Morgan fingerprint density at radius 1 is 1.14 bits per heavy atom. The van der Waals surface area contributed by atoms with E-state index in [9.17, 15) is 8.78 Å². The molecule has 0 radical (unpaired) electrons. The highest BCUT2D eigenvalue weighted by atomic mass is 19.1. The molecule has 0 aliphatic rings. The molecule has 1 N–H and O–H groups in total. The van der Waals surface area contributed by atoms with E-state index in [1.165, 1.54) is 19.2 Å². The number of methoxy groups -OCH3 is 1. The first-order valence-electron chi connectivity index (χ1n) is 6.81. The molecule has 0 bridgehead atoms. The molecule has 112 valence electrons. The molecule has 2 nitrogen and oxygen atoms in total. The summed E-state index contributed by atoms with van der Waals surface area (Å²) < 4.78 is 31.9. The molecule has 0 amide bonds. The lowest BCUT2D eigenvalue weighted by Crippen LogP contribution is -2.19. The van der Waals surface area contributed by atoms with E-state index in [4.69, 9.17) is 4.74 Å². The van der Waals surface area contributed by atoms with Crippen LogP contribution in [0.1, 0.15) is 22.7 Å². The quantitative estimate of drug-likeness (QED) is 0.905. The van der Waals surface area contributed by atoms with E-state index in [1.807, 2.05) is 14.0 Å². The molecule has 0 aromatic heterocycles. The van der Waals surface area contributed by atoms with Crippen molar-refractivity contribution >= 4 is 0 Å². The van der Waals surface area contributed by atoms with Crippen LogP contribution < -0.4 is 10.1 Å². The van der Waals surface area contributed by atoms with Crippen LogP contribution in [0.4, 0.5) is 8.78 Å². The molecular weight excluding hydrogens is 272 g/mol. The number of nitrogens with one attached hydrogen (secondary N) is 1. The zero-order valence-electron chi connectivity index (χ0n) is 12.4. The maximum Gasteiger partial charge on any atom is 0.165 e. The van der Waals surface area contributed by atoms with Crippen LogP contribution >= 0.6 is 0 Å². The molecule has 2 aromatic carbocycles. The standard InChI is InChI=1S/C17H19F2NO/c1-11-4-6-14(18)8-13(11)9-16(20-2)12-5-7-15(19)17(10-12)21-3/h4-8,10,16,20H,9H2,1-3H3. The van der Waals surface area contributed by atoms with E-state index in [2.05, 4.69) is 5.32 Å². The number of benzene rings is 2. The highest BCUT2D eigenvalue weighted by molar-refractivity contribution is 5.34. The fraction of sp³-hybridized carbons (Fsp3) is 0.294. The van der Waals surface area contributed by atoms with Gasteiger partial charge >= 0.3 is 0 Å². The van der Waals surface area contributed by atoms with Gasteiger partial charge in [-0.2, -0.15) is 0 Å². The van der Waals surface area contributed by atoms with Crippen molar-refractivity contribution in [3.8, 4) is 5.75 Å². The molecule has 21 heavy (non-hydrogen) atoms. The van der Waals surface area contributed by atoms with Crippen LogP contribution in [-0.4, -0.2) is 14.2 Å². The summed E-state index contributed by atoms with van der Waals surface area (Å²) in [4.78, 5) is 0. The van der Waals surface area contributed by atoms with Gasteiger partial charge in [-0.15, -0.1) is 0 Å². The molecule has 0 aliphatic carbocycles. The van der Waals surface area contributed by atoms with Crippen LogP contribution in [-0.2, 0) is 6.42 Å². The lowest BCUT2D eigenvalue weighted by molar-refractivity contribution is 0.385. The van der Waals surface area contributed by atoms with Crippen LogP contribution in [0.25, 0.3) is 0 Å². The topological polar surface area (TPSA) is 21.3 Å². The summed E-state index contributed by atoms with van der Waals surface area (Å²) in [5.41, 5.74) is 2.86. The van der Waals surface area contributed by atoms with Crippen molar-refractivity contribution in [1.82, 2.24) is 5.32 Å². The van der Waals surface area contributed by atoms with Gasteiger partial charge in [-0.1, -0.05) is 12.1 Å². The van der Waals surface area contributed by atoms with Gasteiger partial charge in [-0.05, 0) is 61.3 Å². The van der Waals surface area contributed by atoms with Gasteiger partial charge in [-0.3, -0.25) is 0 Å². The van der Waals surface area contributed by atoms with Crippen LogP contribution in [0, 0.1) is 18.6 Å². The maximum absolute atomic E-state index is 13.5. The van der Waals surface area contributed by atoms with E-state index in [0.717, 1.165) is 16.7 Å². The van der Waals surface area contributed by atoms with E-state index >= 15 is 0 Å². The second-order valence-electron chi connectivity index (χ2n) is 5.01. The average molecular weight is 291 g/mol. The van der Waals surface area contributed by atoms with E-state index in [0.29, 0.717) is 6.42 Å². The fourth-order valence-corrected chi connectivity index (χ4v) is 2.36. The highest BCUT2D eigenvalue weighted by Gasteiger charge is 2.14. The van der Waals surface area contributed by atoms with Gasteiger partial charge < -0.3 is 10.1 Å². The largest absolute Gasteiger partial charge is 0.494 e. The first-order chi connectivity index (χ1) is 10.0.